The Labute approximate surface area is 168 Å². The van der Waals surface area contributed by atoms with E-state index in [2.05, 4.69) is 10.0 Å². The first-order valence-corrected chi connectivity index (χ1v) is 10.9. The lowest BCUT2D eigenvalue weighted by Crippen LogP contribution is -2.17. The third-order valence-corrected chi connectivity index (χ3v) is 5.93. The van der Waals surface area contributed by atoms with Crippen molar-refractivity contribution in [2.45, 2.75) is 42.7 Å². The number of carbonyl (C=O) groups is 1. The molecule has 2 aromatic rings. The molecule has 0 saturated carbocycles. The topological polar surface area (TPSA) is 75.3 Å². The summed E-state index contributed by atoms with van der Waals surface area (Å²) in [5.74, 6) is -2.55. The van der Waals surface area contributed by atoms with Gasteiger partial charge in [0, 0.05) is 22.7 Å². The first-order chi connectivity index (χ1) is 13.1. The molecule has 0 aliphatic rings. The first-order valence-electron chi connectivity index (χ1n) is 8.55. The fourth-order valence-electron chi connectivity index (χ4n) is 2.46. The number of nitrogens with one attached hydrogen (secondary N) is 2. The van der Waals surface area contributed by atoms with Gasteiger partial charge in [-0.05, 0) is 54.8 Å². The van der Waals surface area contributed by atoms with E-state index in [9.17, 15) is 22.0 Å². The highest BCUT2D eigenvalue weighted by Gasteiger charge is 2.18. The maximum Gasteiger partial charge on any atom is 0.288 e. The lowest BCUT2D eigenvalue weighted by atomic mass is 10.1. The number of benzene rings is 2. The Morgan fingerprint density at radius 3 is 2.25 bits per heavy atom. The first kappa shape index (κ1) is 22.2. The van der Waals surface area contributed by atoms with Crippen molar-refractivity contribution >= 4 is 39.1 Å². The van der Waals surface area contributed by atoms with Crippen molar-refractivity contribution in [2.75, 3.05) is 10.0 Å². The van der Waals surface area contributed by atoms with E-state index in [4.69, 9.17) is 0 Å². The Balaban J connectivity index is 2.20. The number of alkyl halides is 2. The Bertz CT molecular complexity index is 931. The molecule has 152 valence electrons. The molecule has 0 spiro atoms. The van der Waals surface area contributed by atoms with Gasteiger partial charge in [0.1, 0.15) is 0 Å². The van der Waals surface area contributed by atoms with Gasteiger partial charge in [0.05, 0.1) is 4.90 Å². The zero-order chi connectivity index (χ0) is 20.9. The van der Waals surface area contributed by atoms with E-state index in [0.717, 1.165) is 0 Å². The summed E-state index contributed by atoms with van der Waals surface area (Å²) < 4.78 is 52.7. The van der Waals surface area contributed by atoms with Gasteiger partial charge < -0.3 is 5.32 Å². The summed E-state index contributed by atoms with van der Waals surface area (Å²) >= 11 is 0.385. The zero-order valence-corrected chi connectivity index (χ0v) is 17.3. The van der Waals surface area contributed by atoms with Crippen LogP contribution in [0.15, 0.2) is 52.3 Å². The number of hydrogen-bond acceptors (Lipinski definition) is 4. The van der Waals surface area contributed by atoms with Crippen LogP contribution in [0.25, 0.3) is 0 Å². The van der Waals surface area contributed by atoms with E-state index in [1.807, 2.05) is 13.8 Å². The van der Waals surface area contributed by atoms with Crippen LogP contribution < -0.4 is 10.0 Å². The number of amides is 1. The van der Waals surface area contributed by atoms with E-state index < -0.39 is 15.8 Å². The molecule has 0 fully saturated rings. The molecular formula is C19H22F2N2O3S2. The molecule has 0 heterocycles. The van der Waals surface area contributed by atoms with Crippen LogP contribution in [0, 0.1) is 12.8 Å². The molecule has 2 rings (SSSR count). The van der Waals surface area contributed by atoms with Crippen LogP contribution in [0.2, 0.25) is 0 Å². The molecule has 2 aromatic carbocycles. The molecule has 5 nitrogen and oxygen atoms in total. The van der Waals surface area contributed by atoms with E-state index in [0.29, 0.717) is 34.3 Å². The largest absolute Gasteiger partial charge is 0.326 e. The fraction of sp³-hybridized carbons (Fsp3) is 0.316. The molecule has 0 unspecified atom stereocenters. The van der Waals surface area contributed by atoms with Crippen molar-refractivity contribution < 1.29 is 22.0 Å². The smallest absolute Gasteiger partial charge is 0.288 e. The molecule has 1 amide bonds. The number of thioether (sulfide) groups is 1. The normalized spacial score (nSPS) is 11.7. The second-order valence-corrected chi connectivity index (χ2v) is 9.35. The van der Waals surface area contributed by atoms with E-state index in [1.165, 1.54) is 30.3 Å². The van der Waals surface area contributed by atoms with Gasteiger partial charge in [-0.3, -0.25) is 9.52 Å². The molecule has 28 heavy (non-hydrogen) atoms. The van der Waals surface area contributed by atoms with Gasteiger partial charge in [-0.1, -0.05) is 31.7 Å². The SMILES string of the molecule is Cc1ccc(NC(=O)CC(C)C)cc1S(=O)(=O)Nc1ccc(SC(F)F)cc1. The summed E-state index contributed by atoms with van der Waals surface area (Å²) in [5, 5.41) is 2.70. The molecule has 0 aliphatic carbocycles. The van der Waals surface area contributed by atoms with Gasteiger partial charge >= 0.3 is 0 Å². The predicted molar refractivity (Wildman–Crippen MR) is 108 cm³/mol. The number of carbonyl (C=O) groups excluding carboxylic acids is 1. The van der Waals surface area contributed by atoms with Crippen molar-refractivity contribution in [3.8, 4) is 0 Å². The van der Waals surface area contributed by atoms with Crippen LogP contribution in [0.1, 0.15) is 25.8 Å². The number of halogens is 2. The average Bonchev–Trinajstić information content (AvgIpc) is 2.57. The van der Waals surface area contributed by atoms with Gasteiger partial charge in [-0.2, -0.15) is 8.78 Å². The highest BCUT2D eigenvalue weighted by molar-refractivity contribution is 7.99. The Kier molecular flexibility index (Phi) is 7.42. The van der Waals surface area contributed by atoms with Crippen LogP contribution in [-0.2, 0) is 14.8 Å². The lowest BCUT2D eigenvalue weighted by Gasteiger charge is -2.13. The summed E-state index contributed by atoms with van der Waals surface area (Å²) in [6.07, 6.45) is 0.331. The second-order valence-electron chi connectivity index (χ2n) is 6.63. The van der Waals surface area contributed by atoms with Gasteiger partial charge in [-0.15, -0.1) is 0 Å². The Hall–Kier alpha value is -2.13. The van der Waals surface area contributed by atoms with E-state index in [-0.39, 0.29) is 22.4 Å². The minimum atomic E-state index is -3.92. The zero-order valence-electron chi connectivity index (χ0n) is 15.7. The Morgan fingerprint density at radius 2 is 1.68 bits per heavy atom. The van der Waals surface area contributed by atoms with Crippen LogP contribution in [0.5, 0.6) is 0 Å². The van der Waals surface area contributed by atoms with Crippen LogP contribution in [-0.4, -0.2) is 20.1 Å². The fourth-order valence-corrected chi connectivity index (χ4v) is 4.29. The molecule has 0 aromatic heterocycles. The van der Waals surface area contributed by atoms with Crippen molar-refractivity contribution in [3.63, 3.8) is 0 Å². The van der Waals surface area contributed by atoms with Crippen molar-refractivity contribution in [2.24, 2.45) is 5.92 Å². The summed E-state index contributed by atoms with van der Waals surface area (Å²) in [4.78, 5) is 12.3. The standard InChI is InChI=1S/C19H22F2N2O3S2/c1-12(2)10-18(24)22-15-5-4-13(3)17(11-15)28(25,26)23-14-6-8-16(9-7-14)27-19(20)21/h4-9,11-12,19,23H,10H2,1-3H3,(H,22,24). The number of rotatable bonds is 8. The maximum atomic E-state index is 12.8. The van der Waals surface area contributed by atoms with E-state index in [1.54, 1.807) is 19.1 Å². The van der Waals surface area contributed by atoms with Gasteiger partial charge in [0.15, 0.2) is 0 Å². The summed E-state index contributed by atoms with van der Waals surface area (Å²) in [5.41, 5.74) is 1.16. The molecule has 2 N–H and O–H groups in total. The van der Waals surface area contributed by atoms with E-state index >= 15 is 0 Å². The average molecular weight is 429 g/mol. The van der Waals surface area contributed by atoms with Crippen molar-refractivity contribution in [1.29, 1.82) is 0 Å². The number of aryl methyl sites for hydroxylation is 1. The minimum Gasteiger partial charge on any atom is -0.326 e. The molecule has 0 radical (unpaired) electrons. The third-order valence-electron chi connectivity index (χ3n) is 3.69. The van der Waals surface area contributed by atoms with Crippen molar-refractivity contribution in [1.82, 2.24) is 0 Å². The summed E-state index contributed by atoms with van der Waals surface area (Å²) in [6, 6.07) is 10.3. The molecule has 0 aliphatic heterocycles. The van der Waals surface area contributed by atoms with Gasteiger partial charge in [0.25, 0.3) is 15.8 Å². The predicted octanol–water partition coefficient (Wildman–Crippen LogP) is 5.10. The number of hydrogen-bond donors (Lipinski definition) is 2. The van der Waals surface area contributed by atoms with Crippen molar-refractivity contribution in [3.05, 3.63) is 48.0 Å². The highest BCUT2D eigenvalue weighted by Crippen LogP contribution is 2.28. The minimum absolute atomic E-state index is 0.0286. The van der Waals surface area contributed by atoms with Crippen LogP contribution in [0.4, 0.5) is 20.2 Å². The third kappa shape index (κ3) is 6.49. The van der Waals surface area contributed by atoms with Crippen LogP contribution in [0.3, 0.4) is 0 Å². The summed E-state index contributed by atoms with van der Waals surface area (Å²) in [6.45, 7) is 5.48. The molecular weight excluding hydrogens is 406 g/mol. The lowest BCUT2D eigenvalue weighted by molar-refractivity contribution is -0.116. The quantitative estimate of drug-likeness (QED) is 0.574. The molecule has 0 bridgehead atoms. The van der Waals surface area contributed by atoms with Crippen LogP contribution >= 0.6 is 11.8 Å². The number of anilines is 2. The van der Waals surface area contributed by atoms with Gasteiger partial charge in [0.2, 0.25) is 5.91 Å². The molecule has 0 atom stereocenters. The number of sulfonamides is 1. The highest BCUT2D eigenvalue weighted by atomic mass is 32.2. The monoisotopic (exact) mass is 428 g/mol. The van der Waals surface area contributed by atoms with Gasteiger partial charge in [-0.25, -0.2) is 8.42 Å². The molecule has 9 heteroatoms. The molecule has 0 saturated heterocycles. The summed E-state index contributed by atoms with van der Waals surface area (Å²) in [7, 11) is -3.92. The Morgan fingerprint density at radius 1 is 1.07 bits per heavy atom. The second kappa shape index (κ2) is 9.38. The maximum absolute atomic E-state index is 12.8.